The maximum Gasteiger partial charge on any atom is 0.123 e. The predicted octanol–water partition coefficient (Wildman–Crippen LogP) is 5.47. The second-order valence-corrected chi connectivity index (χ2v) is 6.02. The number of halogens is 2. The van der Waals surface area contributed by atoms with Gasteiger partial charge in [0.2, 0.25) is 0 Å². The van der Waals surface area contributed by atoms with E-state index in [2.05, 4.69) is 12.2 Å². The number of hydrogen-bond donors (Lipinski definition) is 0. The topological polar surface area (TPSA) is 0 Å². The van der Waals surface area contributed by atoms with Crippen molar-refractivity contribution in [3.8, 4) is 0 Å². The molecule has 0 radical (unpaired) electrons. The first-order chi connectivity index (χ1) is 10.7. The Hall–Kier alpha value is -2.22. The van der Waals surface area contributed by atoms with Gasteiger partial charge in [0.25, 0.3) is 0 Å². The van der Waals surface area contributed by atoms with Gasteiger partial charge in [-0.15, -0.1) is 0 Å². The number of rotatable bonds is 2. The van der Waals surface area contributed by atoms with Crippen LogP contribution < -0.4 is 0 Å². The summed E-state index contributed by atoms with van der Waals surface area (Å²) in [5.74, 6) is 0.530. The zero-order valence-electron chi connectivity index (χ0n) is 12.1. The summed E-state index contributed by atoms with van der Waals surface area (Å²) in [4.78, 5) is 0. The second-order valence-electron chi connectivity index (χ2n) is 6.02. The van der Waals surface area contributed by atoms with Crippen molar-refractivity contribution in [2.24, 2.45) is 11.8 Å². The van der Waals surface area contributed by atoms with Crippen LogP contribution in [-0.2, 0) is 0 Å². The van der Waals surface area contributed by atoms with E-state index in [0.717, 1.165) is 24.0 Å². The second kappa shape index (κ2) is 5.20. The summed E-state index contributed by atoms with van der Waals surface area (Å²) in [7, 11) is 0. The minimum absolute atomic E-state index is 0.199. The third-order valence-corrected chi connectivity index (χ3v) is 4.82. The lowest BCUT2D eigenvalue weighted by atomic mass is 9.85. The molecule has 2 atom stereocenters. The first-order valence-electron chi connectivity index (χ1n) is 7.64. The van der Waals surface area contributed by atoms with E-state index >= 15 is 0 Å². The fourth-order valence-electron chi connectivity index (χ4n) is 3.78. The van der Waals surface area contributed by atoms with Crippen LogP contribution in [0.1, 0.15) is 24.0 Å². The quantitative estimate of drug-likeness (QED) is 0.689. The molecule has 0 N–H and O–H groups in total. The molecule has 2 aromatic rings. The van der Waals surface area contributed by atoms with Crippen LogP contribution in [0.25, 0.3) is 11.1 Å². The van der Waals surface area contributed by atoms with E-state index in [1.54, 1.807) is 0 Å². The maximum absolute atomic E-state index is 13.1. The molecular formula is C20H16F2. The minimum Gasteiger partial charge on any atom is -0.207 e. The van der Waals surface area contributed by atoms with Gasteiger partial charge in [-0.05, 0) is 71.2 Å². The Morgan fingerprint density at radius 1 is 0.591 bits per heavy atom. The standard InChI is InChI=1S/C20H16F2/c21-15-5-1-13(2-6-15)17-9-11-20-18(10-12-19(17)20)14-3-7-16(22)8-4-14/h1-10,19-20H,11-12H2/t19-,20-/m1/s1. The predicted molar refractivity (Wildman–Crippen MR) is 85.0 cm³/mol. The van der Waals surface area contributed by atoms with Gasteiger partial charge in [-0.2, -0.15) is 0 Å². The molecule has 110 valence electrons. The molecule has 2 heteroatoms. The summed E-state index contributed by atoms with van der Waals surface area (Å²) < 4.78 is 26.2. The summed E-state index contributed by atoms with van der Waals surface area (Å²) in [6.45, 7) is 0. The normalized spacial score (nSPS) is 23.2. The Morgan fingerprint density at radius 3 is 1.32 bits per heavy atom. The molecule has 0 saturated carbocycles. The first-order valence-corrected chi connectivity index (χ1v) is 7.64. The van der Waals surface area contributed by atoms with E-state index in [9.17, 15) is 8.78 Å². The summed E-state index contributed by atoms with van der Waals surface area (Å²) in [6.07, 6.45) is 6.55. The van der Waals surface area contributed by atoms with Crippen LogP contribution in [0.2, 0.25) is 0 Å². The van der Waals surface area contributed by atoms with Gasteiger partial charge in [0.15, 0.2) is 0 Å². The van der Waals surface area contributed by atoms with Crippen molar-refractivity contribution >= 4 is 11.1 Å². The van der Waals surface area contributed by atoms with Crippen molar-refractivity contribution in [2.75, 3.05) is 0 Å². The monoisotopic (exact) mass is 294 g/mol. The minimum atomic E-state index is -0.199. The van der Waals surface area contributed by atoms with E-state index in [-0.39, 0.29) is 11.6 Å². The fourth-order valence-corrected chi connectivity index (χ4v) is 3.78. The molecule has 2 aromatic carbocycles. The Kier molecular flexibility index (Phi) is 3.18. The lowest BCUT2D eigenvalue weighted by Crippen LogP contribution is -2.06. The molecular weight excluding hydrogens is 278 g/mol. The maximum atomic E-state index is 13.1. The molecule has 0 fully saturated rings. The van der Waals surface area contributed by atoms with Gasteiger partial charge in [-0.3, -0.25) is 0 Å². The van der Waals surface area contributed by atoms with Crippen LogP contribution in [0.15, 0.2) is 60.7 Å². The van der Waals surface area contributed by atoms with Gasteiger partial charge < -0.3 is 0 Å². The Morgan fingerprint density at radius 2 is 0.955 bits per heavy atom. The van der Waals surface area contributed by atoms with Gasteiger partial charge in [-0.25, -0.2) is 8.78 Å². The highest BCUT2D eigenvalue weighted by Crippen LogP contribution is 2.51. The Bertz CT molecular complexity index is 684. The van der Waals surface area contributed by atoms with Crippen molar-refractivity contribution < 1.29 is 8.78 Å². The average Bonchev–Trinajstić information content (AvgIpc) is 3.11. The summed E-state index contributed by atoms with van der Waals surface area (Å²) in [6, 6.07) is 13.5. The van der Waals surface area contributed by atoms with E-state index < -0.39 is 0 Å². The fraction of sp³-hybridized carbons (Fsp3) is 0.200. The number of hydrogen-bond acceptors (Lipinski definition) is 0. The van der Waals surface area contributed by atoms with Crippen LogP contribution >= 0.6 is 0 Å². The highest BCUT2D eigenvalue weighted by molar-refractivity contribution is 5.80. The molecule has 0 saturated heterocycles. The van der Waals surface area contributed by atoms with Crippen LogP contribution in [-0.4, -0.2) is 0 Å². The smallest absolute Gasteiger partial charge is 0.123 e. The highest BCUT2D eigenvalue weighted by atomic mass is 19.1. The summed E-state index contributed by atoms with van der Waals surface area (Å²) in [5, 5.41) is 0. The average molecular weight is 294 g/mol. The molecule has 22 heavy (non-hydrogen) atoms. The Balaban J connectivity index is 1.59. The van der Waals surface area contributed by atoms with Crippen molar-refractivity contribution in [1.82, 2.24) is 0 Å². The first kappa shape index (κ1) is 13.4. The SMILES string of the molecule is Fc1ccc(C2=CC[C@@H]3C(c4ccc(F)cc4)=CC[C@H]23)cc1. The van der Waals surface area contributed by atoms with Crippen LogP contribution in [0.4, 0.5) is 8.78 Å². The summed E-state index contributed by atoms with van der Waals surface area (Å²) >= 11 is 0. The zero-order chi connectivity index (χ0) is 15.1. The third kappa shape index (κ3) is 2.19. The number of benzene rings is 2. The molecule has 0 spiro atoms. The highest BCUT2D eigenvalue weighted by Gasteiger charge is 2.36. The lowest BCUT2D eigenvalue weighted by Gasteiger charge is -2.18. The van der Waals surface area contributed by atoms with Crippen LogP contribution in [0.3, 0.4) is 0 Å². The molecule has 0 aliphatic heterocycles. The molecule has 0 bridgehead atoms. The number of fused-ring (bicyclic) bond motifs is 1. The molecule has 0 heterocycles. The van der Waals surface area contributed by atoms with Gasteiger partial charge in [-0.1, -0.05) is 36.4 Å². The van der Waals surface area contributed by atoms with Gasteiger partial charge in [0.05, 0.1) is 0 Å². The molecule has 4 rings (SSSR count). The summed E-state index contributed by atoms with van der Waals surface area (Å²) in [5.41, 5.74) is 4.86. The molecule has 2 aliphatic rings. The van der Waals surface area contributed by atoms with Crippen molar-refractivity contribution in [1.29, 1.82) is 0 Å². The van der Waals surface area contributed by atoms with Crippen molar-refractivity contribution in [2.45, 2.75) is 12.8 Å². The molecule has 0 amide bonds. The number of allylic oxidation sites excluding steroid dienone is 4. The van der Waals surface area contributed by atoms with E-state index in [1.165, 1.54) is 35.4 Å². The molecule has 0 unspecified atom stereocenters. The zero-order valence-corrected chi connectivity index (χ0v) is 12.1. The van der Waals surface area contributed by atoms with Gasteiger partial charge in [0, 0.05) is 0 Å². The van der Waals surface area contributed by atoms with E-state index in [0.29, 0.717) is 11.8 Å². The molecule has 0 nitrogen and oxygen atoms in total. The third-order valence-electron chi connectivity index (χ3n) is 4.82. The van der Waals surface area contributed by atoms with Crippen LogP contribution in [0, 0.1) is 23.5 Å². The van der Waals surface area contributed by atoms with Gasteiger partial charge >= 0.3 is 0 Å². The lowest BCUT2D eigenvalue weighted by molar-refractivity contribution is 0.573. The van der Waals surface area contributed by atoms with E-state index in [1.807, 2.05) is 24.3 Å². The van der Waals surface area contributed by atoms with E-state index in [4.69, 9.17) is 0 Å². The Labute approximate surface area is 128 Å². The van der Waals surface area contributed by atoms with Crippen molar-refractivity contribution in [3.05, 3.63) is 83.4 Å². The molecule has 2 aliphatic carbocycles. The van der Waals surface area contributed by atoms with Crippen LogP contribution in [0.5, 0.6) is 0 Å². The molecule has 0 aromatic heterocycles. The van der Waals surface area contributed by atoms with Gasteiger partial charge in [0.1, 0.15) is 11.6 Å². The van der Waals surface area contributed by atoms with Crippen molar-refractivity contribution in [3.63, 3.8) is 0 Å². The largest absolute Gasteiger partial charge is 0.207 e.